The van der Waals surface area contributed by atoms with E-state index >= 15 is 0 Å². The summed E-state index contributed by atoms with van der Waals surface area (Å²) in [5.41, 5.74) is 0.259. The summed E-state index contributed by atoms with van der Waals surface area (Å²) in [5, 5.41) is 0. The van der Waals surface area contributed by atoms with Crippen LogP contribution in [-0.2, 0) is 4.74 Å². The van der Waals surface area contributed by atoms with E-state index in [-0.39, 0.29) is 5.41 Å². The van der Waals surface area contributed by atoms with Crippen molar-refractivity contribution in [2.24, 2.45) is 11.3 Å². The Bertz CT molecular complexity index is 213. The maximum Gasteiger partial charge on any atom is 0.0903 e. The van der Waals surface area contributed by atoms with Gasteiger partial charge in [0.05, 0.1) is 12.7 Å². The summed E-state index contributed by atoms with van der Waals surface area (Å²) >= 11 is 0. The fourth-order valence-electron chi connectivity index (χ4n) is 1.66. The topological polar surface area (TPSA) is 12.5 Å². The van der Waals surface area contributed by atoms with E-state index in [0.717, 1.165) is 6.61 Å². The van der Waals surface area contributed by atoms with Gasteiger partial charge in [-0.15, -0.1) is 0 Å². The number of ether oxygens (including phenoxy) is 1. The Morgan fingerprint density at radius 2 is 2.18 bits per heavy atom. The van der Waals surface area contributed by atoms with Crippen LogP contribution in [0.3, 0.4) is 0 Å². The van der Waals surface area contributed by atoms with Crippen molar-refractivity contribution in [3.8, 4) is 0 Å². The van der Waals surface area contributed by atoms with Gasteiger partial charge in [0.1, 0.15) is 0 Å². The van der Waals surface area contributed by atoms with E-state index in [1.54, 1.807) is 0 Å². The Balaban J connectivity index is 2.22. The molecular weight excluding hydrogens is 136 g/mol. The molecule has 11 heavy (non-hydrogen) atoms. The van der Waals surface area contributed by atoms with Gasteiger partial charge in [0.15, 0.2) is 0 Å². The van der Waals surface area contributed by atoms with Crippen molar-refractivity contribution in [2.75, 3.05) is 6.61 Å². The Labute approximate surface area is 67.7 Å². The van der Waals surface area contributed by atoms with Crippen molar-refractivity contribution < 1.29 is 4.74 Å². The van der Waals surface area contributed by atoms with Gasteiger partial charge in [0.25, 0.3) is 0 Å². The van der Waals surface area contributed by atoms with Crippen LogP contribution in [0.4, 0.5) is 0 Å². The van der Waals surface area contributed by atoms with Gasteiger partial charge in [-0.3, -0.25) is 0 Å². The molecule has 1 aliphatic carbocycles. The molecular formula is C10H14O. The Morgan fingerprint density at radius 3 is 2.73 bits per heavy atom. The zero-order chi connectivity index (χ0) is 7.90. The van der Waals surface area contributed by atoms with Gasteiger partial charge in [-0.05, 0) is 5.92 Å². The van der Waals surface area contributed by atoms with E-state index in [4.69, 9.17) is 4.74 Å². The minimum Gasteiger partial charge on any atom is -0.372 e. The molecule has 1 saturated heterocycles. The molecule has 1 fully saturated rings. The van der Waals surface area contributed by atoms with E-state index < -0.39 is 0 Å². The second-order valence-corrected chi connectivity index (χ2v) is 3.72. The summed E-state index contributed by atoms with van der Waals surface area (Å²) < 4.78 is 5.34. The Kier molecular flexibility index (Phi) is 1.43. The molecule has 0 radical (unpaired) electrons. The summed E-state index contributed by atoms with van der Waals surface area (Å²) in [4.78, 5) is 0. The fourth-order valence-corrected chi connectivity index (χ4v) is 1.66. The van der Waals surface area contributed by atoms with Crippen molar-refractivity contribution in [2.45, 2.75) is 20.0 Å². The number of rotatable bonds is 1. The van der Waals surface area contributed by atoms with E-state index in [0.29, 0.717) is 12.0 Å². The first-order valence-electron chi connectivity index (χ1n) is 4.21. The average molecular weight is 150 g/mol. The molecule has 0 amide bonds. The van der Waals surface area contributed by atoms with E-state index in [1.807, 2.05) is 0 Å². The minimum atomic E-state index is 0.259. The second kappa shape index (κ2) is 2.21. The summed E-state index contributed by atoms with van der Waals surface area (Å²) in [5.74, 6) is 0.611. The van der Waals surface area contributed by atoms with Gasteiger partial charge in [-0.2, -0.15) is 0 Å². The highest BCUT2D eigenvalue weighted by Gasteiger charge is 2.44. The van der Waals surface area contributed by atoms with Crippen LogP contribution in [0.15, 0.2) is 24.3 Å². The number of allylic oxidation sites excluding steroid dienone is 3. The van der Waals surface area contributed by atoms with Crippen LogP contribution in [0, 0.1) is 11.3 Å². The summed E-state index contributed by atoms with van der Waals surface area (Å²) in [6, 6.07) is 0. The first kappa shape index (κ1) is 7.11. The average Bonchev–Trinajstić information content (AvgIpc) is 2.77. The highest BCUT2D eigenvalue weighted by molar-refractivity contribution is 5.21. The van der Waals surface area contributed by atoms with Crippen molar-refractivity contribution >= 4 is 0 Å². The molecule has 60 valence electrons. The van der Waals surface area contributed by atoms with Gasteiger partial charge in [-0.25, -0.2) is 0 Å². The van der Waals surface area contributed by atoms with Gasteiger partial charge in [-0.1, -0.05) is 38.2 Å². The monoisotopic (exact) mass is 150 g/mol. The van der Waals surface area contributed by atoms with Crippen LogP contribution >= 0.6 is 0 Å². The molecule has 3 atom stereocenters. The zero-order valence-corrected chi connectivity index (χ0v) is 7.08. The smallest absolute Gasteiger partial charge is 0.0903 e. The lowest BCUT2D eigenvalue weighted by atomic mass is 9.73. The first-order chi connectivity index (χ1) is 5.23. The molecule has 0 spiro atoms. The fraction of sp³-hybridized carbons (Fsp3) is 0.600. The van der Waals surface area contributed by atoms with Gasteiger partial charge in [0.2, 0.25) is 0 Å². The molecule has 0 aromatic carbocycles. The molecule has 2 aliphatic rings. The van der Waals surface area contributed by atoms with Gasteiger partial charge < -0.3 is 4.74 Å². The van der Waals surface area contributed by atoms with Crippen molar-refractivity contribution in [1.29, 1.82) is 0 Å². The predicted octanol–water partition coefficient (Wildman–Crippen LogP) is 2.15. The quantitative estimate of drug-likeness (QED) is 0.522. The number of hydrogen-bond acceptors (Lipinski definition) is 1. The van der Waals surface area contributed by atoms with Crippen LogP contribution in [0.5, 0.6) is 0 Å². The highest BCUT2D eigenvalue weighted by Crippen LogP contribution is 2.42. The van der Waals surface area contributed by atoms with Gasteiger partial charge in [0, 0.05) is 5.41 Å². The molecule has 0 aromatic heterocycles. The SMILES string of the molecule is CC1C=CC=C[C@@]1(C)[C@H]1CO1. The van der Waals surface area contributed by atoms with Crippen LogP contribution in [0.2, 0.25) is 0 Å². The molecule has 1 aliphatic heterocycles. The molecule has 1 heteroatoms. The molecule has 0 aromatic rings. The molecule has 0 N–H and O–H groups in total. The van der Waals surface area contributed by atoms with E-state index in [2.05, 4.69) is 38.2 Å². The number of epoxide rings is 1. The normalized spacial score (nSPS) is 47.8. The molecule has 1 nitrogen and oxygen atoms in total. The zero-order valence-electron chi connectivity index (χ0n) is 7.08. The summed E-state index contributed by atoms with van der Waals surface area (Å²) in [7, 11) is 0. The lowest BCUT2D eigenvalue weighted by molar-refractivity contribution is 0.225. The van der Waals surface area contributed by atoms with Crippen LogP contribution in [0.25, 0.3) is 0 Å². The summed E-state index contributed by atoms with van der Waals surface area (Å²) in [6.07, 6.45) is 9.24. The first-order valence-corrected chi connectivity index (χ1v) is 4.21. The molecule has 1 unspecified atom stereocenters. The van der Waals surface area contributed by atoms with Crippen molar-refractivity contribution in [1.82, 2.24) is 0 Å². The lowest BCUT2D eigenvalue weighted by Gasteiger charge is -2.31. The largest absolute Gasteiger partial charge is 0.372 e. The van der Waals surface area contributed by atoms with Crippen LogP contribution in [-0.4, -0.2) is 12.7 Å². The second-order valence-electron chi connectivity index (χ2n) is 3.72. The third-order valence-corrected chi connectivity index (χ3v) is 2.97. The van der Waals surface area contributed by atoms with Crippen molar-refractivity contribution in [3.63, 3.8) is 0 Å². The molecule has 0 saturated carbocycles. The third-order valence-electron chi connectivity index (χ3n) is 2.97. The lowest BCUT2D eigenvalue weighted by Crippen LogP contribution is -2.29. The molecule has 0 bridgehead atoms. The standard InChI is InChI=1S/C10H14O/c1-8-5-3-4-6-10(8,2)9-7-11-9/h3-6,8-9H,7H2,1-2H3/t8?,9-,10-/m1/s1. The summed E-state index contributed by atoms with van der Waals surface area (Å²) in [6.45, 7) is 5.47. The number of hydrogen-bond donors (Lipinski definition) is 0. The molecule has 1 heterocycles. The highest BCUT2D eigenvalue weighted by atomic mass is 16.6. The van der Waals surface area contributed by atoms with Crippen molar-refractivity contribution in [3.05, 3.63) is 24.3 Å². The van der Waals surface area contributed by atoms with Crippen LogP contribution in [0.1, 0.15) is 13.8 Å². The maximum absolute atomic E-state index is 5.34. The van der Waals surface area contributed by atoms with Gasteiger partial charge >= 0.3 is 0 Å². The third kappa shape index (κ3) is 1.04. The maximum atomic E-state index is 5.34. The molecule has 2 rings (SSSR count). The Hall–Kier alpha value is -0.560. The van der Waals surface area contributed by atoms with Crippen LogP contribution < -0.4 is 0 Å². The Morgan fingerprint density at radius 1 is 1.45 bits per heavy atom. The van der Waals surface area contributed by atoms with E-state index in [9.17, 15) is 0 Å². The van der Waals surface area contributed by atoms with E-state index in [1.165, 1.54) is 0 Å². The predicted molar refractivity (Wildman–Crippen MR) is 45.3 cm³/mol. The minimum absolute atomic E-state index is 0.259.